The lowest BCUT2D eigenvalue weighted by Gasteiger charge is -2.18. The number of hydrogen-bond acceptors (Lipinski definition) is 6. The molecular formula is C22H21FN4O4. The van der Waals surface area contributed by atoms with Gasteiger partial charge < -0.3 is 20.1 Å². The molecule has 0 saturated heterocycles. The van der Waals surface area contributed by atoms with Crippen LogP contribution < -0.4 is 10.1 Å². The standard InChI is InChI=1S/C22H21FN4O4/c1-27(2)22(30)31-15-9-7-14(8-10-15)11-19(21(28)29)26-20-17(12-24-13-25-20)16-5-3-4-6-18(16)23/h3-10,12-13,19H,11H2,1-2H3,(H,28,29)(H,24,25,26)/t19-/m0/s1. The first-order chi connectivity index (χ1) is 14.8. The smallest absolute Gasteiger partial charge is 0.414 e. The molecule has 0 aliphatic carbocycles. The van der Waals surface area contributed by atoms with Crippen molar-refractivity contribution in [3.8, 4) is 16.9 Å². The highest BCUT2D eigenvalue weighted by atomic mass is 19.1. The van der Waals surface area contributed by atoms with Crippen molar-refractivity contribution in [3.63, 3.8) is 0 Å². The van der Waals surface area contributed by atoms with E-state index in [2.05, 4.69) is 15.3 Å². The lowest BCUT2D eigenvalue weighted by Crippen LogP contribution is -2.32. The average molecular weight is 424 g/mol. The van der Waals surface area contributed by atoms with Crippen molar-refractivity contribution in [3.05, 3.63) is 72.4 Å². The number of ether oxygens (including phenoxy) is 1. The number of hydrogen-bond donors (Lipinski definition) is 2. The molecule has 31 heavy (non-hydrogen) atoms. The van der Waals surface area contributed by atoms with Crippen molar-refractivity contribution in [1.29, 1.82) is 0 Å². The van der Waals surface area contributed by atoms with Gasteiger partial charge in [-0.3, -0.25) is 0 Å². The van der Waals surface area contributed by atoms with Crippen LogP contribution in [0, 0.1) is 5.82 Å². The molecule has 0 aliphatic heterocycles. The fraction of sp³-hybridized carbons (Fsp3) is 0.182. The maximum atomic E-state index is 14.2. The molecule has 2 aromatic carbocycles. The van der Waals surface area contributed by atoms with E-state index in [-0.39, 0.29) is 17.8 Å². The van der Waals surface area contributed by atoms with Crippen molar-refractivity contribution < 1.29 is 23.8 Å². The number of nitrogens with one attached hydrogen (secondary N) is 1. The number of aromatic nitrogens is 2. The van der Waals surface area contributed by atoms with Crippen molar-refractivity contribution >= 4 is 17.9 Å². The third kappa shape index (κ3) is 5.53. The molecular weight excluding hydrogens is 403 g/mol. The Bertz CT molecular complexity index is 1070. The second-order valence-electron chi connectivity index (χ2n) is 6.91. The number of carboxylic acids is 1. The third-order valence-electron chi connectivity index (χ3n) is 4.42. The van der Waals surface area contributed by atoms with Crippen LogP contribution >= 0.6 is 0 Å². The van der Waals surface area contributed by atoms with E-state index in [1.54, 1.807) is 56.6 Å². The minimum atomic E-state index is -1.10. The first kappa shape index (κ1) is 21.7. The molecule has 0 bridgehead atoms. The lowest BCUT2D eigenvalue weighted by molar-refractivity contribution is -0.137. The Morgan fingerprint density at radius 1 is 1.13 bits per heavy atom. The molecule has 2 N–H and O–H groups in total. The number of benzene rings is 2. The first-order valence-electron chi connectivity index (χ1n) is 9.37. The van der Waals surface area contributed by atoms with Crippen LogP contribution in [-0.2, 0) is 11.2 Å². The zero-order chi connectivity index (χ0) is 22.4. The highest BCUT2D eigenvalue weighted by Crippen LogP contribution is 2.28. The Morgan fingerprint density at radius 3 is 2.48 bits per heavy atom. The van der Waals surface area contributed by atoms with Crippen molar-refractivity contribution in [2.75, 3.05) is 19.4 Å². The Morgan fingerprint density at radius 2 is 1.84 bits per heavy atom. The van der Waals surface area contributed by atoms with Gasteiger partial charge >= 0.3 is 12.1 Å². The summed E-state index contributed by atoms with van der Waals surface area (Å²) in [5.74, 6) is -1.000. The van der Waals surface area contributed by atoms with E-state index >= 15 is 0 Å². The Kier molecular flexibility index (Phi) is 6.76. The molecule has 0 fully saturated rings. The molecule has 0 unspecified atom stereocenters. The summed E-state index contributed by atoms with van der Waals surface area (Å²) >= 11 is 0. The van der Waals surface area contributed by atoms with Crippen LogP contribution in [0.2, 0.25) is 0 Å². The summed E-state index contributed by atoms with van der Waals surface area (Å²) in [4.78, 5) is 32.8. The molecule has 1 atom stereocenters. The summed E-state index contributed by atoms with van der Waals surface area (Å²) in [6.07, 6.45) is 2.31. The van der Waals surface area contributed by atoms with Gasteiger partial charge in [-0.05, 0) is 23.8 Å². The molecule has 0 spiro atoms. The molecule has 1 heterocycles. The Balaban J connectivity index is 1.78. The van der Waals surface area contributed by atoms with Crippen LogP contribution in [0.5, 0.6) is 5.75 Å². The van der Waals surface area contributed by atoms with E-state index in [0.717, 1.165) is 0 Å². The predicted octanol–water partition coefficient (Wildman–Crippen LogP) is 3.45. The van der Waals surface area contributed by atoms with Crippen LogP contribution in [-0.4, -0.2) is 52.2 Å². The van der Waals surface area contributed by atoms with E-state index in [1.807, 2.05) is 0 Å². The molecule has 1 aromatic heterocycles. The number of aliphatic carboxylic acids is 1. The lowest BCUT2D eigenvalue weighted by atomic mass is 10.0. The molecule has 160 valence electrons. The average Bonchev–Trinajstić information content (AvgIpc) is 2.75. The van der Waals surface area contributed by atoms with Crippen LogP contribution in [0.1, 0.15) is 5.56 Å². The minimum absolute atomic E-state index is 0.123. The van der Waals surface area contributed by atoms with Crippen molar-refractivity contribution in [1.82, 2.24) is 14.9 Å². The number of carbonyl (C=O) groups is 2. The quantitative estimate of drug-likeness (QED) is 0.599. The Labute approximate surface area is 178 Å². The maximum absolute atomic E-state index is 14.2. The zero-order valence-electron chi connectivity index (χ0n) is 16.9. The highest BCUT2D eigenvalue weighted by Gasteiger charge is 2.21. The number of halogens is 1. The topological polar surface area (TPSA) is 105 Å². The van der Waals surface area contributed by atoms with E-state index in [4.69, 9.17) is 4.74 Å². The van der Waals surface area contributed by atoms with Crippen LogP contribution in [0.15, 0.2) is 61.1 Å². The van der Waals surface area contributed by atoms with E-state index in [9.17, 15) is 19.1 Å². The van der Waals surface area contributed by atoms with Gasteiger partial charge in [-0.1, -0.05) is 30.3 Å². The largest absolute Gasteiger partial charge is 0.480 e. The number of anilines is 1. The third-order valence-corrected chi connectivity index (χ3v) is 4.42. The van der Waals surface area contributed by atoms with Gasteiger partial charge in [0.15, 0.2) is 0 Å². The van der Waals surface area contributed by atoms with Gasteiger partial charge in [0.1, 0.15) is 29.8 Å². The van der Waals surface area contributed by atoms with Crippen LogP contribution in [0.4, 0.5) is 15.0 Å². The highest BCUT2D eigenvalue weighted by molar-refractivity contribution is 5.81. The SMILES string of the molecule is CN(C)C(=O)Oc1ccc(C[C@H](Nc2ncncc2-c2ccccc2F)C(=O)O)cc1. The molecule has 3 rings (SSSR count). The molecule has 1 amide bonds. The van der Waals surface area contributed by atoms with E-state index in [0.29, 0.717) is 16.9 Å². The van der Waals surface area contributed by atoms with Gasteiger partial charge in [0.25, 0.3) is 0 Å². The fourth-order valence-corrected chi connectivity index (χ4v) is 2.81. The number of amides is 1. The van der Waals surface area contributed by atoms with Gasteiger partial charge in [-0.25, -0.2) is 23.9 Å². The molecule has 9 heteroatoms. The minimum Gasteiger partial charge on any atom is -0.480 e. The van der Waals surface area contributed by atoms with Crippen molar-refractivity contribution in [2.24, 2.45) is 0 Å². The predicted molar refractivity (Wildman–Crippen MR) is 112 cm³/mol. The maximum Gasteiger partial charge on any atom is 0.414 e. The van der Waals surface area contributed by atoms with Gasteiger partial charge in [-0.2, -0.15) is 0 Å². The van der Waals surface area contributed by atoms with Gasteiger partial charge in [0.05, 0.1) is 0 Å². The fourth-order valence-electron chi connectivity index (χ4n) is 2.81. The normalized spacial score (nSPS) is 11.5. The second kappa shape index (κ2) is 9.66. The summed E-state index contributed by atoms with van der Waals surface area (Å²) in [7, 11) is 3.14. The number of nitrogens with zero attached hydrogens (tertiary/aromatic N) is 3. The van der Waals surface area contributed by atoms with E-state index in [1.165, 1.54) is 23.5 Å². The summed E-state index contributed by atoms with van der Waals surface area (Å²) in [5, 5.41) is 12.6. The number of carboxylic acid groups (broad SMARTS) is 1. The summed E-state index contributed by atoms with van der Waals surface area (Å²) in [5.41, 5.74) is 1.32. The number of rotatable bonds is 7. The molecule has 3 aromatic rings. The van der Waals surface area contributed by atoms with Crippen molar-refractivity contribution in [2.45, 2.75) is 12.5 Å². The summed E-state index contributed by atoms with van der Waals surface area (Å²) in [6, 6.07) is 11.6. The first-order valence-corrected chi connectivity index (χ1v) is 9.37. The number of carbonyl (C=O) groups excluding carboxylic acids is 1. The van der Waals surface area contributed by atoms with Crippen LogP contribution in [0.25, 0.3) is 11.1 Å². The monoisotopic (exact) mass is 424 g/mol. The van der Waals surface area contributed by atoms with E-state index < -0.39 is 23.9 Å². The van der Waals surface area contributed by atoms with Gasteiger partial charge in [0, 0.05) is 37.8 Å². The van der Waals surface area contributed by atoms with Crippen LogP contribution in [0.3, 0.4) is 0 Å². The van der Waals surface area contributed by atoms with Gasteiger partial charge in [0.2, 0.25) is 0 Å². The molecule has 0 aliphatic rings. The zero-order valence-corrected chi connectivity index (χ0v) is 16.9. The molecule has 0 radical (unpaired) electrons. The summed E-state index contributed by atoms with van der Waals surface area (Å²) in [6.45, 7) is 0. The second-order valence-corrected chi connectivity index (χ2v) is 6.91. The van der Waals surface area contributed by atoms with Gasteiger partial charge in [-0.15, -0.1) is 0 Å². The summed E-state index contributed by atoms with van der Waals surface area (Å²) < 4.78 is 19.4. The molecule has 0 saturated carbocycles. The Hall–Kier alpha value is -4.01. The molecule has 8 nitrogen and oxygen atoms in total.